The molecular weight excluding hydrogens is 314 g/mol. The maximum Gasteiger partial charge on any atom is 0.237 e. The van der Waals surface area contributed by atoms with Crippen molar-refractivity contribution < 1.29 is 22.3 Å². The molecule has 1 amide bonds. The number of amides is 1. The van der Waals surface area contributed by atoms with Crippen molar-refractivity contribution in [2.75, 3.05) is 11.1 Å². The lowest BCUT2D eigenvalue weighted by atomic mass is 10.2. The molecule has 1 heterocycles. The van der Waals surface area contributed by atoms with Gasteiger partial charge in [-0.25, -0.2) is 8.78 Å². The highest BCUT2D eigenvalue weighted by molar-refractivity contribution is 7.85. The van der Waals surface area contributed by atoms with Gasteiger partial charge in [0.2, 0.25) is 5.91 Å². The summed E-state index contributed by atoms with van der Waals surface area (Å²) in [5, 5.41) is 6.01. The molecule has 0 aliphatic rings. The van der Waals surface area contributed by atoms with Crippen molar-refractivity contribution in [1.29, 1.82) is 0 Å². The number of nitrogens with one attached hydrogen (secondary N) is 1. The Morgan fingerprint density at radius 1 is 1.36 bits per heavy atom. The van der Waals surface area contributed by atoms with E-state index in [1.54, 1.807) is 13.8 Å². The van der Waals surface area contributed by atoms with Crippen LogP contribution in [0.1, 0.15) is 17.0 Å². The Balaban J connectivity index is 1.96. The van der Waals surface area contributed by atoms with Crippen LogP contribution in [0.4, 0.5) is 14.5 Å². The first-order chi connectivity index (χ1) is 10.4. The molecule has 0 saturated carbocycles. The van der Waals surface area contributed by atoms with Crippen LogP contribution in [0.15, 0.2) is 22.7 Å². The van der Waals surface area contributed by atoms with E-state index in [9.17, 15) is 17.8 Å². The molecule has 0 bridgehead atoms. The van der Waals surface area contributed by atoms with Gasteiger partial charge in [0.05, 0.1) is 17.1 Å². The topological polar surface area (TPSA) is 72.2 Å². The Morgan fingerprint density at radius 2 is 2.09 bits per heavy atom. The van der Waals surface area contributed by atoms with Crippen LogP contribution in [0.3, 0.4) is 0 Å². The summed E-state index contributed by atoms with van der Waals surface area (Å²) in [5.41, 5.74) is 1.16. The van der Waals surface area contributed by atoms with E-state index in [0.717, 1.165) is 12.1 Å². The largest absolute Gasteiger partial charge is 0.361 e. The molecule has 0 aliphatic heterocycles. The van der Waals surface area contributed by atoms with Crippen LogP contribution in [0.25, 0.3) is 0 Å². The second-order valence-electron chi connectivity index (χ2n) is 4.70. The molecule has 118 valence electrons. The van der Waals surface area contributed by atoms with Crippen molar-refractivity contribution >= 4 is 22.4 Å². The summed E-state index contributed by atoms with van der Waals surface area (Å²) in [7, 11) is -1.49. The summed E-state index contributed by atoms with van der Waals surface area (Å²) in [6.07, 6.45) is 0. The molecule has 0 saturated heterocycles. The van der Waals surface area contributed by atoms with Crippen molar-refractivity contribution in [3.63, 3.8) is 0 Å². The van der Waals surface area contributed by atoms with Crippen molar-refractivity contribution in [1.82, 2.24) is 5.16 Å². The molecule has 0 fully saturated rings. The Labute approximate surface area is 128 Å². The molecule has 0 radical (unpaired) electrons. The van der Waals surface area contributed by atoms with E-state index in [-0.39, 0.29) is 17.2 Å². The SMILES string of the molecule is Cc1noc(C)c1C[S@@](=O)CC(=O)Nc1ccc(F)cc1F. The molecule has 1 N–H and O–H groups in total. The summed E-state index contributed by atoms with van der Waals surface area (Å²) in [4.78, 5) is 11.8. The number of rotatable bonds is 5. The fourth-order valence-corrected chi connectivity index (χ4v) is 3.04. The Hall–Kier alpha value is -2.09. The number of carbonyl (C=O) groups excluding carboxylic acids is 1. The number of aromatic nitrogens is 1. The Kier molecular flexibility index (Phi) is 5.02. The molecule has 1 aromatic carbocycles. The molecule has 1 atom stereocenters. The van der Waals surface area contributed by atoms with E-state index in [0.29, 0.717) is 23.1 Å². The average Bonchev–Trinajstić information content (AvgIpc) is 2.73. The van der Waals surface area contributed by atoms with Crippen LogP contribution >= 0.6 is 0 Å². The van der Waals surface area contributed by atoms with Gasteiger partial charge in [-0.1, -0.05) is 5.16 Å². The normalized spacial score (nSPS) is 12.2. The summed E-state index contributed by atoms with van der Waals surface area (Å²) in [6.45, 7) is 3.41. The molecule has 2 rings (SSSR count). The van der Waals surface area contributed by atoms with Crippen LogP contribution < -0.4 is 5.32 Å². The van der Waals surface area contributed by atoms with E-state index in [4.69, 9.17) is 4.52 Å². The van der Waals surface area contributed by atoms with Gasteiger partial charge < -0.3 is 9.84 Å². The van der Waals surface area contributed by atoms with Crippen LogP contribution in [0.2, 0.25) is 0 Å². The Bertz CT molecular complexity index is 711. The lowest BCUT2D eigenvalue weighted by Crippen LogP contribution is -2.21. The maximum atomic E-state index is 13.4. The smallest absolute Gasteiger partial charge is 0.237 e. The molecule has 0 unspecified atom stereocenters. The standard InChI is InChI=1S/C14H14F2N2O3S/c1-8-11(9(2)21-18-8)6-22(20)7-14(19)17-13-4-3-10(15)5-12(13)16/h3-5H,6-7H2,1-2H3,(H,17,19)/t22-/m1/s1. The number of carbonyl (C=O) groups is 1. The number of halogens is 2. The number of hydrogen-bond donors (Lipinski definition) is 1. The third kappa shape index (κ3) is 3.97. The minimum Gasteiger partial charge on any atom is -0.361 e. The summed E-state index contributed by atoms with van der Waals surface area (Å²) in [6, 6.07) is 2.80. The zero-order chi connectivity index (χ0) is 16.3. The molecule has 2 aromatic rings. The van der Waals surface area contributed by atoms with E-state index < -0.39 is 28.3 Å². The lowest BCUT2D eigenvalue weighted by Gasteiger charge is -2.06. The van der Waals surface area contributed by atoms with Crippen molar-refractivity contribution in [2.45, 2.75) is 19.6 Å². The monoisotopic (exact) mass is 328 g/mol. The highest BCUT2D eigenvalue weighted by Gasteiger charge is 2.16. The zero-order valence-corrected chi connectivity index (χ0v) is 12.8. The fourth-order valence-electron chi connectivity index (χ4n) is 1.84. The number of anilines is 1. The first-order valence-corrected chi connectivity index (χ1v) is 7.87. The first kappa shape index (κ1) is 16.3. The lowest BCUT2D eigenvalue weighted by molar-refractivity contribution is -0.113. The van der Waals surface area contributed by atoms with Gasteiger partial charge in [-0.2, -0.15) is 0 Å². The third-order valence-corrected chi connectivity index (χ3v) is 4.18. The second-order valence-corrected chi connectivity index (χ2v) is 6.16. The van der Waals surface area contributed by atoms with Crippen molar-refractivity contribution in [3.05, 3.63) is 46.9 Å². The first-order valence-electron chi connectivity index (χ1n) is 6.38. The highest BCUT2D eigenvalue weighted by Crippen LogP contribution is 2.16. The number of hydrogen-bond acceptors (Lipinski definition) is 4. The Morgan fingerprint density at radius 3 is 2.68 bits per heavy atom. The van der Waals surface area contributed by atoms with E-state index in [1.165, 1.54) is 0 Å². The van der Waals surface area contributed by atoms with Crippen LogP contribution in [-0.2, 0) is 21.3 Å². The van der Waals surface area contributed by atoms with Crippen molar-refractivity contribution in [3.8, 4) is 0 Å². The predicted molar refractivity (Wildman–Crippen MR) is 77.7 cm³/mol. The van der Waals surface area contributed by atoms with Gasteiger partial charge in [0, 0.05) is 22.4 Å². The summed E-state index contributed by atoms with van der Waals surface area (Å²) < 4.78 is 43.1. The number of benzene rings is 1. The molecule has 1 aromatic heterocycles. The summed E-state index contributed by atoms with van der Waals surface area (Å²) in [5.74, 6) is -1.87. The molecule has 22 heavy (non-hydrogen) atoms. The molecule has 8 heteroatoms. The maximum absolute atomic E-state index is 13.4. The molecule has 5 nitrogen and oxygen atoms in total. The van der Waals surface area contributed by atoms with Gasteiger partial charge in [0.1, 0.15) is 23.1 Å². The molecular formula is C14H14F2N2O3S. The zero-order valence-electron chi connectivity index (χ0n) is 12.0. The van der Waals surface area contributed by atoms with Gasteiger partial charge in [0.15, 0.2) is 0 Å². The predicted octanol–water partition coefficient (Wildman–Crippen LogP) is 2.46. The van der Waals surface area contributed by atoms with E-state index in [1.807, 2.05) is 0 Å². The summed E-state index contributed by atoms with van der Waals surface area (Å²) >= 11 is 0. The van der Waals surface area contributed by atoms with E-state index >= 15 is 0 Å². The molecule has 0 aliphatic carbocycles. The molecule has 0 spiro atoms. The van der Waals surface area contributed by atoms with Crippen LogP contribution in [-0.4, -0.2) is 21.0 Å². The van der Waals surface area contributed by atoms with Gasteiger partial charge in [0.25, 0.3) is 0 Å². The average molecular weight is 328 g/mol. The minimum atomic E-state index is -1.49. The van der Waals surface area contributed by atoms with Crippen LogP contribution in [0.5, 0.6) is 0 Å². The van der Waals surface area contributed by atoms with Crippen LogP contribution in [0, 0.1) is 25.5 Å². The van der Waals surface area contributed by atoms with Crippen molar-refractivity contribution in [2.24, 2.45) is 0 Å². The fraction of sp³-hybridized carbons (Fsp3) is 0.286. The van der Waals surface area contributed by atoms with Gasteiger partial charge in [-0.15, -0.1) is 0 Å². The third-order valence-electron chi connectivity index (χ3n) is 2.98. The highest BCUT2D eigenvalue weighted by atomic mass is 32.2. The van der Waals surface area contributed by atoms with Gasteiger partial charge in [-0.05, 0) is 26.0 Å². The number of aryl methyl sites for hydroxylation is 2. The van der Waals surface area contributed by atoms with E-state index in [2.05, 4.69) is 10.5 Å². The quantitative estimate of drug-likeness (QED) is 0.915. The number of nitrogens with zero attached hydrogens (tertiary/aromatic N) is 1. The van der Waals surface area contributed by atoms with Gasteiger partial charge in [-0.3, -0.25) is 9.00 Å². The second kappa shape index (κ2) is 6.78. The minimum absolute atomic E-state index is 0.125. The van der Waals surface area contributed by atoms with Gasteiger partial charge >= 0.3 is 0 Å².